The van der Waals surface area contributed by atoms with Crippen molar-refractivity contribution in [3.8, 4) is 11.5 Å². The highest BCUT2D eigenvalue weighted by molar-refractivity contribution is 7.64. The highest BCUT2D eigenvalue weighted by Crippen LogP contribution is 2.42. The third-order valence-electron chi connectivity index (χ3n) is 4.84. The molecule has 0 radical (unpaired) electrons. The summed E-state index contributed by atoms with van der Waals surface area (Å²) in [5, 5.41) is 0. The minimum Gasteiger partial charge on any atom is -0.460 e. The van der Waals surface area contributed by atoms with Crippen LogP contribution >= 0.6 is 31.3 Å². The molecule has 2 nitrogen and oxygen atoms in total. The molecule has 2 aromatic rings. The topological polar surface area (TPSA) is 18.5 Å². The molecule has 2 rings (SSSR count). The van der Waals surface area contributed by atoms with E-state index in [2.05, 4.69) is 79.7 Å². The normalized spacial score (nSPS) is 12.6. The Morgan fingerprint density at radius 3 is 1.61 bits per heavy atom. The van der Waals surface area contributed by atoms with Gasteiger partial charge in [0.1, 0.15) is 17.6 Å². The van der Waals surface area contributed by atoms with E-state index in [4.69, 9.17) is 31.9 Å². The van der Waals surface area contributed by atoms with E-state index < -0.39 is 0 Å². The van der Waals surface area contributed by atoms with Crippen LogP contribution in [0.2, 0.25) is 0 Å². The summed E-state index contributed by atoms with van der Waals surface area (Å²) in [5.74, 6) is 1.60. The van der Waals surface area contributed by atoms with Crippen molar-refractivity contribution < 1.29 is 8.81 Å². The van der Waals surface area contributed by atoms with Crippen LogP contribution in [0.3, 0.4) is 0 Å². The van der Waals surface area contributed by atoms with Gasteiger partial charge < -0.3 is 8.81 Å². The van der Waals surface area contributed by atoms with Gasteiger partial charge in [-0.2, -0.15) is 0 Å². The number of hydrogen-bond acceptors (Lipinski definition) is 2. The highest BCUT2D eigenvalue weighted by Gasteiger charge is 2.26. The summed E-state index contributed by atoms with van der Waals surface area (Å²) < 4.78 is 11.3. The quantitative estimate of drug-likeness (QED) is 0.436. The smallest absolute Gasteiger partial charge is 0.168 e. The molecule has 0 spiro atoms. The van der Waals surface area contributed by atoms with Gasteiger partial charge in [-0.15, -0.1) is 0 Å². The lowest BCUT2D eigenvalue weighted by Gasteiger charge is -2.26. The van der Waals surface area contributed by atoms with E-state index in [1.807, 2.05) is 0 Å². The molecule has 0 aliphatic rings. The number of halogens is 2. The first kappa shape index (κ1) is 23.3. The number of aryl methyl sites for hydroxylation is 2. The van der Waals surface area contributed by atoms with Gasteiger partial charge in [-0.1, -0.05) is 88.2 Å². The van der Waals surface area contributed by atoms with Crippen molar-refractivity contribution in [3.05, 3.63) is 57.6 Å². The number of hydrogen-bond donors (Lipinski definition) is 0. The minimum atomic E-state index is -0.137. The predicted molar refractivity (Wildman–Crippen MR) is 124 cm³/mol. The number of benzene rings is 2. The van der Waals surface area contributed by atoms with Crippen LogP contribution in [0.1, 0.15) is 74.9 Å². The van der Waals surface area contributed by atoms with Gasteiger partial charge in [-0.3, -0.25) is 0 Å². The van der Waals surface area contributed by atoms with Crippen molar-refractivity contribution in [2.45, 2.75) is 72.6 Å². The first-order valence-electron chi connectivity index (χ1n) is 9.47. The zero-order valence-corrected chi connectivity index (χ0v) is 20.6. The van der Waals surface area contributed by atoms with E-state index >= 15 is 0 Å². The average molecular weight is 441 g/mol. The molecule has 0 aliphatic carbocycles. The average Bonchev–Trinajstić information content (AvgIpc) is 2.54. The summed E-state index contributed by atoms with van der Waals surface area (Å²) in [6, 6.07) is 8.64. The fourth-order valence-corrected chi connectivity index (χ4v) is 4.26. The zero-order valence-electron chi connectivity index (χ0n) is 18.1. The molecule has 0 fully saturated rings. The van der Waals surface area contributed by atoms with E-state index in [0.717, 1.165) is 33.8 Å². The van der Waals surface area contributed by atoms with Crippen LogP contribution < -0.4 is 8.81 Å². The van der Waals surface area contributed by atoms with E-state index in [0.29, 0.717) is 6.42 Å². The Balaban J connectivity index is 2.69. The molecule has 1 unspecified atom stereocenters. The molecule has 5 heteroatoms. The van der Waals surface area contributed by atoms with Crippen LogP contribution in [0.4, 0.5) is 0 Å². The molecular formula is C23H31Cl2O2P. The second-order valence-electron chi connectivity index (χ2n) is 9.53. The summed E-state index contributed by atoms with van der Waals surface area (Å²) in [4.78, 5) is 0. The van der Waals surface area contributed by atoms with Gasteiger partial charge in [-0.25, -0.2) is 0 Å². The molecule has 0 heterocycles. The lowest BCUT2D eigenvalue weighted by atomic mass is 9.81. The van der Waals surface area contributed by atoms with Crippen molar-refractivity contribution >= 4 is 31.3 Å². The van der Waals surface area contributed by atoms with Crippen molar-refractivity contribution in [2.24, 2.45) is 0 Å². The van der Waals surface area contributed by atoms with Gasteiger partial charge in [0.05, 0.1) is 0 Å². The van der Waals surface area contributed by atoms with Crippen LogP contribution in [-0.4, -0.2) is 0 Å². The minimum absolute atomic E-state index is 0.0539. The van der Waals surface area contributed by atoms with E-state index in [9.17, 15) is 0 Å². The summed E-state index contributed by atoms with van der Waals surface area (Å²) in [5.41, 5.74) is 6.65. The molecule has 0 aromatic heterocycles. The van der Waals surface area contributed by atoms with Crippen molar-refractivity contribution in [1.29, 1.82) is 0 Å². The maximum absolute atomic E-state index is 6.00. The Kier molecular flexibility index (Phi) is 7.35. The van der Waals surface area contributed by atoms with Crippen molar-refractivity contribution in [3.63, 3.8) is 0 Å². The molecule has 0 bridgehead atoms. The molecule has 154 valence electrons. The zero-order chi connectivity index (χ0) is 21.3. The molecule has 0 N–H and O–H groups in total. The Labute approximate surface area is 181 Å². The molecular weight excluding hydrogens is 410 g/mol. The van der Waals surface area contributed by atoms with Gasteiger partial charge >= 0.3 is 0 Å². The largest absolute Gasteiger partial charge is 0.460 e. The Bertz CT molecular complexity index is 849. The first-order valence-corrected chi connectivity index (χ1v) is 11.7. The molecule has 2 aromatic carbocycles. The van der Waals surface area contributed by atoms with Gasteiger partial charge in [0.25, 0.3) is 0 Å². The second kappa shape index (κ2) is 8.82. The maximum Gasteiger partial charge on any atom is 0.168 e. The molecule has 28 heavy (non-hydrogen) atoms. The van der Waals surface area contributed by atoms with Crippen molar-refractivity contribution in [2.75, 3.05) is 0 Å². The van der Waals surface area contributed by atoms with E-state index in [1.54, 1.807) is 0 Å². The lowest BCUT2D eigenvalue weighted by molar-refractivity contribution is 0.529. The van der Waals surface area contributed by atoms with Crippen LogP contribution in [0.15, 0.2) is 24.3 Å². The fraction of sp³-hybridized carbons (Fsp3) is 0.478. The Morgan fingerprint density at radius 2 is 1.21 bits per heavy atom. The molecule has 1 atom stereocenters. The predicted octanol–water partition coefficient (Wildman–Crippen LogP) is 8.15. The molecule has 0 saturated heterocycles. The summed E-state index contributed by atoms with van der Waals surface area (Å²) >= 11 is 11.9. The monoisotopic (exact) mass is 440 g/mol. The van der Waals surface area contributed by atoms with Crippen LogP contribution in [0.25, 0.3) is 0 Å². The van der Waals surface area contributed by atoms with Crippen LogP contribution in [0.5, 0.6) is 11.5 Å². The first-order chi connectivity index (χ1) is 12.9. The van der Waals surface area contributed by atoms with Crippen LogP contribution in [-0.2, 0) is 17.3 Å². The SMILES string of the molecule is Cc1cc(Cc2cc(C)cc(C(C)(C)C)c2OPCl)c(OCl)c(C(C)(C)C)c1. The number of rotatable bonds is 5. The van der Waals surface area contributed by atoms with Crippen molar-refractivity contribution in [1.82, 2.24) is 0 Å². The maximum atomic E-state index is 6.00. The summed E-state index contributed by atoms with van der Waals surface area (Å²) in [6.07, 6.45) is 0.661. The fourth-order valence-electron chi connectivity index (χ4n) is 3.53. The third kappa shape index (κ3) is 5.35. The molecule has 0 aliphatic heterocycles. The Hall–Kier alpha value is -0.950. The highest BCUT2D eigenvalue weighted by atomic mass is 35.7. The van der Waals surface area contributed by atoms with Gasteiger partial charge in [0.2, 0.25) is 0 Å². The Morgan fingerprint density at radius 1 is 0.786 bits per heavy atom. The van der Waals surface area contributed by atoms with Gasteiger partial charge in [0.15, 0.2) is 13.9 Å². The van der Waals surface area contributed by atoms with Gasteiger partial charge in [-0.05, 0) is 30.2 Å². The van der Waals surface area contributed by atoms with Crippen LogP contribution in [0, 0.1) is 13.8 Å². The lowest BCUT2D eigenvalue weighted by Crippen LogP contribution is -2.15. The summed E-state index contributed by atoms with van der Waals surface area (Å²) in [6.45, 7) is 17.3. The molecule has 0 saturated carbocycles. The summed E-state index contributed by atoms with van der Waals surface area (Å²) in [7, 11) is -0.137. The standard InChI is InChI=1S/C23H31Cl2O2P/c1-14-9-16(20(26-24)18(11-14)22(3,4)5)13-17-10-15(2)12-19(23(6,7)8)21(17)27-28-25/h9-12,28H,13H2,1-8H3. The van der Waals surface area contributed by atoms with E-state index in [1.165, 1.54) is 11.1 Å². The van der Waals surface area contributed by atoms with E-state index in [-0.39, 0.29) is 19.0 Å². The molecule has 0 amide bonds. The third-order valence-corrected chi connectivity index (χ3v) is 5.50. The second-order valence-corrected chi connectivity index (χ2v) is 10.5. The van der Waals surface area contributed by atoms with Gasteiger partial charge in [0, 0.05) is 23.1 Å².